The molecule has 21 heavy (non-hydrogen) atoms. The number of phenols is 1. The van der Waals surface area contributed by atoms with Crippen LogP contribution in [0.1, 0.15) is 32.4 Å². The van der Waals surface area contributed by atoms with Crippen molar-refractivity contribution in [2.24, 2.45) is 0 Å². The zero-order valence-corrected chi connectivity index (χ0v) is 12.4. The van der Waals surface area contributed by atoms with Crippen LogP contribution < -0.4 is 0 Å². The SMILES string of the molecule is CC.CC(O)c1ccc(O)c(-n2nc3ccccc3n2)c1. The van der Waals surface area contributed by atoms with Crippen molar-refractivity contribution in [2.75, 3.05) is 0 Å². The Morgan fingerprint density at radius 3 is 2.10 bits per heavy atom. The van der Waals surface area contributed by atoms with Gasteiger partial charge in [0.1, 0.15) is 22.5 Å². The number of nitrogens with zero attached hydrogens (tertiary/aromatic N) is 3. The molecule has 0 spiro atoms. The van der Waals surface area contributed by atoms with Crippen molar-refractivity contribution in [3.05, 3.63) is 48.0 Å². The highest BCUT2D eigenvalue weighted by Crippen LogP contribution is 2.25. The molecule has 110 valence electrons. The molecule has 0 aliphatic rings. The van der Waals surface area contributed by atoms with Crippen LogP contribution in [0, 0.1) is 0 Å². The number of benzene rings is 2. The molecule has 0 fully saturated rings. The van der Waals surface area contributed by atoms with Crippen molar-refractivity contribution in [2.45, 2.75) is 26.9 Å². The molecule has 0 saturated heterocycles. The van der Waals surface area contributed by atoms with Crippen LogP contribution in [0.3, 0.4) is 0 Å². The fourth-order valence-corrected chi connectivity index (χ4v) is 1.93. The first kappa shape index (κ1) is 15.0. The summed E-state index contributed by atoms with van der Waals surface area (Å²) in [5.41, 5.74) is 2.66. The summed E-state index contributed by atoms with van der Waals surface area (Å²) in [5, 5.41) is 28.1. The summed E-state index contributed by atoms with van der Waals surface area (Å²) in [6, 6.07) is 12.4. The fourth-order valence-electron chi connectivity index (χ4n) is 1.93. The highest BCUT2D eigenvalue weighted by atomic mass is 16.3. The van der Waals surface area contributed by atoms with Crippen molar-refractivity contribution in [3.63, 3.8) is 0 Å². The van der Waals surface area contributed by atoms with Crippen molar-refractivity contribution >= 4 is 11.0 Å². The third-order valence-corrected chi connectivity index (χ3v) is 2.98. The minimum atomic E-state index is -0.607. The Balaban J connectivity index is 0.000000774. The van der Waals surface area contributed by atoms with Gasteiger partial charge in [0.25, 0.3) is 0 Å². The third kappa shape index (κ3) is 3.03. The summed E-state index contributed by atoms with van der Waals surface area (Å²) < 4.78 is 0. The average molecular weight is 285 g/mol. The second-order valence-electron chi connectivity index (χ2n) is 4.40. The van der Waals surface area contributed by atoms with Crippen LogP contribution in [0.2, 0.25) is 0 Å². The van der Waals surface area contributed by atoms with Crippen molar-refractivity contribution < 1.29 is 10.2 Å². The zero-order valence-electron chi connectivity index (χ0n) is 12.4. The van der Waals surface area contributed by atoms with Gasteiger partial charge >= 0.3 is 0 Å². The first-order chi connectivity index (χ1) is 10.1. The predicted molar refractivity (Wildman–Crippen MR) is 82.5 cm³/mol. The molecule has 0 aliphatic carbocycles. The van der Waals surface area contributed by atoms with Crippen LogP contribution in [0.25, 0.3) is 16.7 Å². The van der Waals surface area contributed by atoms with E-state index in [-0.39, 0.29) is 5.75 Å². The van der Waals surface area contributed by atoms with Gasteiger partial charge in [0.05, 0.1) is 6.10 Å². The average Bonchev–Trinajstić information content (AvgIpc) is 2.93. The lowest BCUT2D eigenvalue weighted by Crippen LogP contribution is -2.01. The summed E-state index contributed by atoms with van der Waals surface area (Å²) in [4.78, 5) is 1.38. The van der Waals surface area contributed by atoms with E-state index in [9.17, 15) is 10.2 Å². The zero-order chi connectivity index (χ0) is 15.4. The Kier molecular flexibility index (Phi) is 4.55. The van der Waals surface area contributed by atoms with Crippen molar-refractivity contribution in [1.82, 2.24) is 15.0 Å². The van der Waals surface area contributed by atoms with Crippen LogP contribution in [0.15, 0.2) is 42.5 Å². The molecule has 3 rings (SSSR count). The second kappa shape index (κ2) is 6.37. The number of rotatable bonds is 2. The van der Waals surface area contributed by atoms with E-state index in [1.807, 2.05) is 38.1 Å². The molecule has 0 amide bonds. The van der Waals surface area contributed by atoms with Gasteiger partial charge < -0.3 is 10.2 Å². The molecular weight excluding hydrogens is 266 g/mol. The Labute approximate surface area is 123 Å². The van der Waals surface area contributed by atoms with Crippen molar-refractivity contribution in [3.8, 4) is 11.4 Å². The standard InChI is InChI=1S/C14H13N3O2.C2H6/c1-9(18)10-6-7-14(19)13(8-10)17-15-11-4-2-3-5-12(11)16-17;1-2/h2-9,18-19H,1H3;1-2H3. The first-order valence-corrected chi connectivity index (χ1v) is 6.98. The largest absolute Gasteiger partial charge is 0.506 e. The van der Waals surface area contributed by atoms with E-state index in [0.29, 0.717) is 11.3 Å². The number of aromatic hydroxyl groups is 1. The number of phenolic OH excluding ortho intramolecular Hbond substituents is 1. The molecule has 0 bridgehead atoms. The Morgan fingerprint density at radius 1 is 1.00 bits per heavy atom. The van der Waals surface area contributed by atoms with E-state index >= 15 is 0 Å². The minimum absolute atomic E-state index is 0.0738. The smallest absolute Gasteiger partial charge is 0.143 e. The molecule has 3 aromatic rings. The van der Waals surface area contributed by atoms with Gasteiger partial charge in [0.15, 0.2) is 0 Å². The summed E-state index contributed by atoms with van der Waals surface area (Å²) in [6.45, 7) is 5.67. The van der Waals surface area contributed by atoms with E-state index in [1.165, 1.54) is 10.9 Å². The van der Waals surface area contributed by atoms with E-state index in [1.54, 1.807) is 19.1 Å². The van der Waals surface area contributed by atoms with E-state index in [2.05, 4.69) is 10.2 Å². The van der Waals surface area contributed by atoms with Gasteiger partial charge in [-0.15, -0.1) is 15.0 Å². The number of fused-ring (bicyclic) bond motifs is 1. The van der Waals surface area contributed by atoms with Gasteiger partial charge in [-0.2, -0.15) is 0 Å². The monoisotopic (exact) mass is 285 g/mol. The number of hydrogen-bond acceptors (Lipinski definition) is 4. The highest BCUT2D eigenvalue weighted by molar-refractivity contribution is 5.73. The predicted octanol–water partition coefficient (Wildman–Crippen LogP) is 3.21. The molecular formula is C16H19N3O2. The quantitative estimate of drug-likeness (QED) is 0.758. The molecule has 2 N–H and O–H groups in total. The molecule has 0 radical (unpaired) electrons. The molecule has 0 saturated carbocycles. The lowest BCUT2D eigenvalue weighted by molar-refractivity contribution is 0.199. The van der Waals surface area contributed by atoms with Crippen LogP contribution in [-0.2, 0) is 0 Å². The topological polar surface area (TPSA) is 71.2 Å². The molecule has 1 heterocycles. The molecule has 1 aromatic heterocycles. The maximum Gasteiger partial charge on any atom is 0.143 e. The fraction of sp³-hybridized carbons (Fsp3) is 0.250. The molecule has 5 nitrogen and oxygen atoms in total. The number of aromatic nitrogens is 3. The van der Waals surface area contributed by atoms with Crippen LogP contribution in [0.5, 0.6) is 5.75 Å². The van der Waals surface area contributed by atoms with Gasteiger partial charge in [0.2, 0.25) is 0 Å². The summed E-state index contributed by atoms with van der Waals surface area (Å²) in [6.07, 6.45) is -0.607. The summed E-state index contributed by atoms with van der Waals surface area (Å²) in [7, 11) is 0. The van der Waals surface area contributed by atoms with Crippen LogP contribution >= 0.6 is 0 Å². The van der Waals surface area contributed by atoms with Crippen molar-refractivity contribution in [1.29, 1.82) is 0 Å². The summed E-state index contributed by atoms with van der Waals surface area (Å²) >= 11 is 0. The highest BCUT2D eigenvalue weighted by Gasteiger charge is 2.11. The summed E-state index contributed by atoms with van der Waals surface area (Å²) in [5.74, 6) is 0.0738. The number of aliphatic hydroxyl groups excluding tert-OH is 1. The Bertz CT molecular complexity index is 702. The van der Waals surface area contributed by atoms with Gasteiger partial charge in [0, 0.05) is 0 Å². The normalized spacial score (nSPS) is 11.8. The number of aliphatic hydroxyl groups is 1. The van der Waals surface area contributed by atoms with Gasteiger partial charge in [-0.05, 0) is 36.8 Å². The van der Waals surface area contributed by atoms with Gasteiger partial charge in [-0.1, -0.05) is 32.0 Å². The Hall–Kier alpha value is -2.40. The molecule has 5 heteroatoms. The van der Waals surface area contributed by atoms with Gasteiger partial charge in [-0.3, -0.25) is 0 Å². The molecule has 1 atom stereocenters. The Morgan fingerprint density at radius 2 is 1.57 bits per heavy atom. The lowest BCUT2D eigenvalue weighted by Gasteiger charge is -2.08. The molecule has 2 aromatic carbocycles. The molecule has 1 unspecified atom stereocenters. The maximum absolute atomic E-state index is 9.91. The van der Waals surface area contributed by atoms with E-state index in [0.717, 1.165) is 11.0 Å². The minimum Gasteiger partial charge on any atom is -0.506 e. The molecule has 0 aliphatic heterocycles. The van der Waals surface area contributed by atoms with Crippen LogP contribution in [0.4, 0.5) is 0 Å². The van der Waals surface area contributed by atoms with E-state index in [4.69, 9.17) is 0 Å². The third-order valence-electron chi connectivity index (χ3n) is 2.98. The van der Waals surface area contributed by atoms with Gasteiger partial charge in [-0.25, -0.2) is 0 Å². The van der Waals surface area contributed by atoms with E-state index < -0.39 is 6.10 Å². The lowest BCUT2D eigenvalue weighted by atomic mass is 10.1. The van der Waals surface area contributed by atoms with Crippen LogP contribution in [-0.4, -0.2) is 25.2 Å². The second-order valence-corrected chi connectivity index (χ2v) is 4.40. The maximum atomic E-state index is 9.91. The number of hydrogen-bond donors (Lipinski definition) is 2. The first-order valence-electron chi connectivity index (χ1n) is 6.98.